The predicted octanol–water partition coefficient (Wildman–Crippen LogP) is 0.853. The number of hydrogen-bond donors (Lipinski definition) is 2. The fourth-order valence-electron chi connectivity index (χ4n) is 2.21. The molecule has 1 heterocycles. The van der Waals surface area contributed by atoms with E-state index >= 15 is 0 Å². The Morgan fingerprint density at radius 2 is 2.00 bits per heavy atom. The van der Waals surface area contributed by atoms with Crippen LogP contribution in [0.1, 0.15) is 6.42 Å². The van der Waals surface area contributed by atoms with Crippen LogP contribution in [0.25, 0.3) is 0 Å². The Balaban J connectivity index is 1.54. The SMILES string of the molecule is O=C(CSc1ccc(Cl)cc1)NCCC[NH+]1CCOCC1. The molecule has 1 aliphatic rings. The molecule has 1 aromatic carbocycles. The van der Waals surface area contributed by atoms with Gasteiger partial charge < -0.3 is 15.0 Å². The summed E-state index contributed by atoms with van der Waals surface area (Å²) in [5.74, 6) is 0.540. The highest BCUT2D eigenvalue weighted by molar-refractivity contribution is 8.00. The molecule has 0 radical (unpaired) electrons. The van der Waals surface area contributed by atoms with Gasteiger partial charge in [-0.05, 0) is 24.3 Å². The Bertz CT molecular complexity index is 436. The van der Waals surface area contributed by atoms with E-state index in [9.17, 15) is 4.79 Å². The summed E-state index contributed by atoms with van der Waals surface area (Å²) < 4.78 is 5.32. The second kappa shape index (κ2) is 9.30. The number of benzene rings is 1. The van der Waals surface area contributed by atoms with E-state index in [0.29, 0.717) is 5.75 Å². The maximum Gasteiger partial charge on any atom is 0.230 e. The third-order valence-corrected chi connectivity index (χ3v) is 4.68. The molecule has 0 atom stereocenters. The Hall–Kier alpha value is -0.750. The van der Waals surface area contributed by atoms with Gasteiger partial charge in [0, 0.05) is 22.9 Å². The van der Waals surface area contributed by atoms with Crippen LogP contribution in [0, 0.1) is 0 Å². The van der Waals surface area contributed by atoms with Gasteiger partial charge in [-0.25, -0.2) is 0 Å². The summed E-state index contributed by atoms with van der Waals surface area (Å²) in [5.41, 5.74) is 0. The number of halogens is 1. The molecule has 0 bridgehead atoms. The summed E-state index contributed by atoms with van der Waals surface area (Å²) in [7, 11) is 0. The molecule has 2 N–H and O–H groups in total. The minimum absolute atomic E-state index is 0.0897. The normalized spacial score (nSPS) is 15.9. The molecule has 4 nitrogen and oxygen atoms in total. The number of thioether (sulfide) groups is 1. The van der Waals surface area contributed by atoms with E-state index < -0.39 is 0 Å². The number of amides is 1. The molecule has 1 aliphatic heterocycles. The van der Waals surface area contributed by atoms with Gasteiger partial charge in [-0.3, -0.25) is 4.79 Å². The van der Waals surface area contributed by atoms with Gasteiger partial charge in [0.15, 0.2) is 0 Å². The number of rotatable bonds is 7. The maximum atomic E-state index is 11.7. The Morgan fingerprint density at radius 3 is 2.71 bits per heavy atom. The molecule has 21 heavy (non-hydrogen) atoms. The van der Waals surface area contributed by atoms with Gasteiger partial charge in [-0.1, -0.05) is 11.6 Å². The summed E-state index contributed by atoms with van der Waals surface area (Å²) in [6.45, 7) is 5.75. The number of ether oxygens (including phenoxy) is 1. The average molecular weight is 330 g/mol. The van der Waals surface area contributed by atoms with E-state index in [4.69, 9.17) is 16.3 Å². The molecular formula is C15H22ClN2O2S+. The zero-order valence-corrected chi connectivity index (χ0v) is 13.6. The van der Waals surface area contributed by atoms with Crippen molar-refractivity contribution in [2.45, 2.75) is 11.3 Å². The predicted molar refractivity (Wildman–Crippen MR) is 86.2 cm³/mol. The molecule has 0 saturated carbocycles. The van der Waals surface area contributed by atoms with Gasteiger partial charge in [0.2, 0.25) is 5.91 Å². The van der Waals surface area contributed by atoms with Crippen molar-refractivity contribution in [1.82, 2.24) is 5.32 Å². The molecular weight excluding hydrogens is 308 g/mol. The van der Waals surface area contributed by atoms with Crippen molar-refractivity contribution in [3.05, 3.63) is 29.3 Å². The zero-order chi connectivity index (χ0) is 14.9. The van der Waals surface area contributed by atoms with Crippen LogP contribution in [0.5, 0.6) is 0 Å². The smallest absolute Gasteiger partial charge is 0.230 e. The number of carbonyl (C=O) groups is 1. The van der Waals surface area contributed by atoms with Crippen molar-refractivity contribution >= 4 is 29.3 Å². The van der Waals surface area contributed by atoms with Gasteiger partial charge >= 0.3 is 0 Å². The van der Waals surface area contributed by atoms with Gasteiger partial charge in [0.05, 0.1) is 25.5 Å². The quantitative estimate of drug-likeness (QED) is 0.576. The fourth-order valence-corrected chi connectivity index (χ4v) is 3.06. The Kier molecular flexibility index (Phi) is 7.36. The van der Waals surface area contributed by atoms with Crippen molar-refractivity contribution in [2.75, 3.05) is 45.1 Å². The van der Waals surface area contributed by atoms with E-state index in [1.54, 1.807) is 4.90 Å². The highest BCUT2D eigenvalue weighted by Gasteiger charge is 2.12. The van der Waals surface area contributed by atoms with Crippen LogP contribution in [0.4, 0.5) is 0 Å². The van der Waals surface area contributed by atoms with Gasteiger partial charge in [0.25, 0.3) is 0 Å². The first-order valence-electron chi connectivity index (χ1n) is 7.30. The van der Waals surface area contributed by atoms with Crippen molar-refractivity contribution in [3.8, 4) is 0 Å². The lowest BCUT2D eigenvalue weighted by atomic mass is 10.3. The van der Waals surface area contributed by atoms with Crippen molar-refractivity contribution in [2.24, 2.45) is 0 Å². The molecule has 0 aromatic heterocycles. The van der Waals surface area contributed by atoms with Crippen LogP contribution in [-0.2, 0) is 9.53 Å². The maximum absolute atomic E-state index is 11.7. The molecule has 0 unspecified atom stereocenters. The number of carbonyl (C=O) groups excluding carboxylic acids is 1. The first-order chi connectivity index (χ1) is 10.2. The molecule has 1 aromatic rings. The number of nitrogens with one attached hydrogen (secondary N) is 2. The first kappa shape index (κ1) is 16.6. The third kappa shape index (κ3) is 6.70. The molecule has 0 aliphatic carbocycles. The van der Waals surface area contributed by atoms with E-state index in [0.717, 1.165) is 55.7 Å². The number of hydrogen-bond acceptors (Lipinski definition) is 3. The van der Waals surface area contributed by atoms with E-state index in [1.165, 1.54) is 11.8 Å². The lowest BCUT2D eigenvalue weighted by Gasteiger charge is -2.23. The Labute approximate surface area is 135 Å². The van der Waals surface area contributed by atoms with Gasteiger partial charge in [-0.2, -0.15) is 0 Å². The highest BCUT2D eigenvalue weighted by atomic mass is 35.5. The number of quaternary nitrogens is 1. The van der Waals surface area contributed by atoms with Crippen LogP contribution < -0.4 is 10.2 Å². The van der Waals surface area contributed by atoms with Crippen molar-refractivity contribution < 1.29 is 14.4 Å². The van der Waals surface area contributed by atoms with E-state index in [2.05, 4.69) is 5.32 Å². The molecule has 0 spiro atoms. The first-order valence-corrected chi connectivity index (χ1v) is 8.67. The summed E-state index contributed by atoms with van der Waals surface area (Å²) in [6.07, 6.45) is 1.02. The van der Waals surface area contributed by atoms with Gasteiger partial charge in [-0.15, -0.1) is 11.8 Å². The average Bonchev–Trinajstić information content (AvgIpc) is 2.52. The van der Waals surface area contributed by atoms with Gasteiger partial charge in [0.1, 0.15) is 13.1 Å². The van der Waals surface area contributed by atoms with E-state index in [-0.39, 0.29) is 5.91 Å². The minimum atomic E-state index is 0.0897. The lowest BCUT2D eigenvalue weighted by molar-refractivity contribution is -0.908. The topological polar surface area (TPSA) is 42.8 Å². The minimum Gasteiger partial charge on any atom is -0.370 e. The van der Waals surface area contributed by atoms with E-state index in [1.807, 2.05) is 24.3 Å². The molecule has 1 fully saturated rings. The largest absolute Gasteiger partial charge is 0.370 e. The molecule has 1 amide bonds. The third-order valence-electron chi connectivity index (χ3n) is 3.41. The summed E-state index contributed by atoms with van der Waals surface area (Å²) in [5, 5.41) is 3.69. The van der Waals surface area contributed by atoms with Crippen LogP contribution >= 0.6 is 23.4 Å². The summed E-state index contributed by atoms with van der Waals surface area (Å²) in [6, 6.07) is 7.55. The van der Waals surface area contributed by atoms with Crippen molar-refractivity contribution in [3.63, 3.8) is 0 Å². The number of morpholine rings is 1. The zero-order valence-electron chi connectivity index (χ0n) is 12.1. The lowest BCUT2D eigenvalue weighted by Crippen LogP contribution is -3.14. The second-order valence-electron chi connectivity index (χ2n) is 5.06. The second-order valence-corrected chi connectivity index (χ2v) is 6.54. The van der Waals surface area contributed by atoms with Crippen LogP contribution in [0.3, 0.4) is 0 Å². The summed E-state index contributed by atoms with van der Waals surface area (Å²) in [4.78, 5) is 14.4. The van der Waals surface area contributed by atoms with Crippen LogP contribution in [0.15, 0.2) is 29.2 Å². The monoisotopic (exact) mass is 329 g/mol. The molecule has 2 rings (SSSR count). The molecule has 1 saturated heterocycles. The molecule has 6 heteroatoms. The van der Waals surface area contributed by atoms with Crippen LogP contribution in [0.2, 0.25) is 5.02 Å². The highest BCUT2D eigenvalue weighted by Crippen LogP contribution is 2.19. The fraction of sp³-hybridized carbons (Fsp3) is 0.533. The standard InChI is InChI=1S/C15H21ClN2O2S/c16-13-2-4-14(5-3-13)21-12-15(19)17-6-1-7-18-8-10-20-11-9-18/h2-5H,1,6-12H2,(H,17,19)/p+1. The van der Waals surface area contributed by atoms with Crippen LogP contribution in [-0.4, -0.2) is 51.1 Å². The Morgan fingerprint density at radius 1 is 1.29 bits per heavy atom. The van der Waals surface area contributed by atoms with Crippen molar-refractivity contribution in [1.29, 1.82) is 0 Å². The molecule has 116 valence electrons. The summed E-state index contributed by atoms with van der Waals surface area (Å²) >= 11 is 7.36.